The second-order valence-corrected chi connectivity index (χ2v) is 9.54. The second kappa shape index (κ2) is 9.07. The number of aryl methyl sites for hydroxylation is 1. The van der Waals surface area contributed by atoms with Crippen LogP contribution in [0.5, 0.6) is 0 Å². The van der Waals surface area contributed by atoms with E-state index in [1.807, 2.05) is 55.5 Å². The van der Waals surface area contributed by atoms with Crippen LogP contribution in [-0.2, 0) is 0 Å². The summed E-state index contributed by atoms with van der Waals surface area (Å²) in [7, 11) is 0. The predicted octanol–water partition coefficient (Wildman–Crippen LogP) is 6.68. The lowest BCUT2D eigenvalue weighted by molar-refractivity contribution is 0.0984. The summed E-state index contributed by atoms with van der Waals surface area (Å²) < 4.78 is 19.8. The number of benzene rings is 4. The Bertz CT molecular complexity index is 1910. The van der Waals surface area contributed by atoms with Crippen LogP contribution in [0.2, 0.25) is 0 Å². The summed E-state index contributed by atoms with van der Waals surface area (Å²) in [6, 6.07) is 24.2. The number of halogens is 1. The zero-order valence-electron chi connectivity index (χ0n) is 19.5. The first kappa shape index (κ1) is 22.8. The van der Waals surface area contributed by atoms with Crippen LogP contribution < -0.4 is 10.6 Å². The number of carbonyl (C=O) groups is 1. The third-order valence-electron chi connectivity index (χ3n) is 5.97. The Labute approximate surface area is 213 Å². The summed E-state index contributed by atoms with van der Waals surface area (Å²) in [5.74, 6) is -1.06. The summed E-state index contributed by atoms with van der Waals surface area (Å²) in [4.78, 5) is 31.4. The first-order valence-electron chi connectivity index (χ1n) is 11.4. The van der Waals surface area contributed by atoms with Crippen molar-refractivity contribution >= 4 is 60.5 Å². The van der Waals surface area contributed by atoms with Gasteiger partial charge in [0.15, 0.2) is 0 Å². The highest BCUT2D eigenvalue weighted by atomic mass is 32.1. The van der Waals surface area contributed by atoms with E-state index >= 15 is 0 Å². The molecule has 0 aliphatic rings. The van der Waals surface area contributed by atoms with Crippen LogP contribution in [0.15, 0.2) is 99.2 Å². The molecule has 8 heteroatoms. The van der Waals surface area contributed by atoms with Crippen molar-refractivity contribution in [3.05, 3.63) is 118 Å². The average Bonchev–Trinajstić information content (AvgIpc) is 3.32. The predicted molar refractivity (Wildman–Crippen MR) is 145 cm³/mol. The molecule has 37 heavy (non-hydrogen) atoms. The highest BCUT2D eigenvalue weighted by molar-refractivity contribution is 7.22. The Morgan fingerprint density at radius 2 is 1.81 bits per heavy atom. The number of hydrogen-bond donors (Lipinski definition) is 0. The smallest absolute Gasteiger partial charge is 0.349 e. The molecule has 0 N–H and O–H groups in total. The van der Waals surface area contributed by atoms with Gasteiger partial charge in [-0.3, -0.25) is 4.79 Å². The number of amides is 1. The van der Waals surface area contributed by atoms with Crippen LogP contribution in [0.3, 0.4) is 0 Å². The minimum absolute atomic E-state index is 0.171. The summed E-state index contributed by atoms with van der Waals surface area (Å²) in [6.45, 7) is 1.97. The van der Waals surface area contributed by atoms with E-state index in [0.717, 1.165) is 26.0 Å². The number of nitrogens with zero attached hydrogens (tertiary/aromatic N) is 3. The van der Waals surface area contributed by atoms with Gasteiger partial charge in [-0.1, -0.05) is 59.9 Å². The summed E-state index contributed by atoms with van der Waals surface area (Å²) in [5, 5.41) is 8.21. The van der Waals surface area contributed by atoms with E-state index in [9.17, 15) is 14.0 Å². The van der Waals surface area contributed by atoms with E-state index in [4.69, 9.17) is 4.42 Å². The van der Waals surface area contributed by atoms with Crippen LogP contribution in [0.25, 0.3) is 32.0 Å². The van der Waals surface area contributed by atoms with Gasteiger partial charge in [-0.25, -0.2) is 14.2 Å². The Balaban J connectivity index is 1.50. The zero-order chi connectivity index (χ0) is 25.5. The van der Waals surface area contributed by atoms with Crippen LogP contribution in [0.1, 0.15) is 21.5 Å². The van der Waals surface area contributed by atoms with Gasteiger partial charge in [0.25, 0.3) is 5.91 Å². The SMILES string of the molecule is Cc1ccc2nc(N(/N=C/c3ccc(F)cc3)C(=O)c3cc4c(ccc5ccccc54)oc3=O)sc2c1. The minimum atomic E-state index is -0.772. The third-order valence-corrected chi connectivity index (χ3v) is 6.96. The summed E-state index contributed by atoms with van der Waals surface area (Å²) in [5.41, 5.74) is 1.78. The Kier molecular flexibility index (Phi) is 5.58. The van der Waals surface area contributed by atoms with Crippen LogP contribution >= 0.6 is 11.3 Å². The van der Waals surface area contributed by atoms with Gasteiger partial charge in [-0.2, -0.15) is 10.1 Å². The van der Waals surface area contributed by atoms with E-state index in [1.54, 1.807) is 24.3 Å². The molecule has 0 spiro atoms. The molecule has 6 nitrogen and oxygen atoms in total. The number of anilines is 1. The molecule has 0 unspecified atom stereocenters. The fourth-order valence-corrected chi connectivity index (χ4v) is 5.13. The van der Waals surface area contributed by atoms with Gasteiger partial charge in [0.1, 0.15) is 17.0 Å². The number of hydrogen-bond acceptors (Lipinski definition) is 6. The van der Waals surface area contributed by atoms with Crippen molar-refractivity contribution in [1.29, 1.82) is 0 Å². The maximum absolute atomic E-state index is 13.8. The van der Waals surface area contributed by atoms with Crippen LogP contribution in [0, 0.1) is 12.7 Å². The lowest BCUT2D eigenvalue weighted by Gasteiger charge is -2.13. The lowest BCUT2D eigenvalue weighted by atomic mass is 10.0. The molecule has 0 saturated carbocycles. The van der Waals surface area contributed by atoms with Gasteiger partial charge in [0.05, 0.1) is 16.4 Å². The molecule has 2 heterocycles. The fraction of sp³-hybridized carbons (Fsp3) is 0.0345. The topological polar surface area (TPSA) is 75.8 Å². The largest absolute Gasteiger partial charge is 0.422 e. The highest BCUT2D eigenvalue weighted by Gasteiger charge is 2.25. The van der Waals surface area contributed by atoms with E-state index in [1.165, 1.54) is 29.7 Å². The van der Waals surface area contributed by atoms with Crippen LogP contribution in [-0.4, -0.2) is 17.1 Å². The molecular formula is C29H18FN3O3S. The van der Waals surface area contributed by atoms with Crippen molar-refractivity contribution in [3.63, 3.8) is 0 Å². The number of fused-ring (bicyclic) bond motifs is 4. The standard InChI is InChI=1S/C29H18FN3O3S/c1-17-6-12-24-26(14-17)37-29(32-24)33(31-16-18-7-10-20(30)11-8-18)27(34)23-15-22-21-5-3-2-4-19(21)9-13-25(22)36-28(23)35/h2-16H,1H3/b31-16+. The molecular weight excluding hydrogens is 489 g/mol. The number of thiazole rings is 1. The van der Waals surface area contributed by atoms with Crippen molar-refractivity contribution in [2.24, 2.45) is 5.10 Å². The normalized spacial score (nSPS) is 11.6. The Morgan fingerprint density at radius 1 is 1.00 bits per heavy atom. The molecule has 0 aliphatic carbocycles. The molecule has 0 radical (unpaired) electrons. The molecule has 180 valence electrons. The molecule has 6 rings (SSSR count). The van der Waals surface area contributed by atoms with E-state index < -0.39 is 11.5 Å². The first-order valence-corrected chi connectivity index (χ1v) is 12.2. The van der Waals surface area contributed by atoms with Crippen molar-refractivity contribution in [2.45, 2.75) is 6.92 Å². The third kappa shape index (κ3) is 4.28. The maximum Gasteiger partial charge on any atom is 0.349 e. The number of rotatable bonds is 4. The minimum Gasteiger partial charge on any atom is -0.422 e. The number of hydrazone groups is 1. The lowest BCUT2D eigenvalue weighted by Crippen LogP contribution is -2.30. The quantitative estimate of drug-likeness (QED) is 0.115. The maximum atomic E-state index is 13.8. The van der Waals surface area contributed by atoms with Crippen molar-refractivity contribution in [2.75, 3.05) is 5.01 Å². The van der Waals surface area contributed by atoms with Crippen molar-refractivity contribution in [3.8, 4) is 0 Å². The highest BCUT2D eigenvalue weighted by Crippen LogP contribution is 2.31. The fourth-order valence-electron chi connectivity index (χ4n) is 4.11. The molecule has 4 aromatic carbocycles. The number of aromatic nitrogens is 1. The van der Waals surface area contributed by atoms with Gasteiger partial charge in [-0.05, 0) is 65.2 Å². The van der Waals surface area contributed by atoms with Crippen molar-refractivity contribution < 1.29 is 13.6 Å². The molecule has 1 amide bonds. The zero-order valence-corrected chi connectivity index (χ0v) is 20.3. The molecule has 2 aromatic heterocycles. The molecule has 0 bridgehead atoms. The number of carbonyl (C=O) groups excluding carboxylic acids is 1. The van der Waals surface area contributed by atoms with Gasteiger partial charge in [0.2, 0.25) is 5.13 Å². The van der Waals surface area contributed by atoms with Crippen LogP contribution in [0.4, 0.5) is 9.52 Å². The monoisotopic (exact) mass is 507 g/mol. The summed E-state index contributed by atoms with van der Waals surface area (Å²) in [6.07, 6.45) is 1.42. The van der Waals surface area contributed by atoms with Gasteiger partial charge in [-0.15, -0.1) is 0 Å². The van der Waals surface area contributed by atoms with Crippen molar-refractivity contribution in [1.82, 2.24) is 4.98 Å². The first-order chi connectivity index (χ1) is 18.0. The van der Waals surface area contributed by atoms with Gasteiger partial charge >= 0.3 is 5.63 Å². The van der Waals surface area contributed by atoms with E-state index in [0.29, 0.717) is 27.2 Å². The van der Waals surface area contributed by atoms with Gasteiger partial charge in [0, 0.05) is 5.39 Å². The molecule has 0 saturated heterocycles. The molecule has 0 aliphatic heterocycles. The van der Waals surface area contributed by atoms with E-state index in [-0.39, 0.29) is 11.4 Å². The molecule has 6 aromatic rings. The molecule has 0 atom stereocenters. The Hall–Kier alpha value is -4.69. The average molecular weight is 508 g/mol. The summed E-state index contributed by atoms with van der Waals surface area (Å²) >= 11 is 1.28. The molecule has 0 fully saturated rings. The van der Waals surface area contributed by atoms with Gasteiger partial charge < -0.3 is 4.42 Å². The second-order valence-electron chi connectivity index (χ2n) is 8.53. The Morgan fingerprint density at radius 3 is 2.65 bits per heavy atom. The van der Waals surface area contributed by atoms with E-state index in [2.05, 4.69) is 10.1 Å².